The Kier molecular flexibility index (Phi) is 3.94. The van der Waals surface area contributed by atoms with Crippen LogP contribution in [-0.4, -0.2) is 29.9 Å². The number of non-ortho nitro benzene ring substituents is 1. The number of benzene rings is 2. The molecule has 26 heavy (non-hydrogen) atoms. The maximum Gasteiger partial charge on any atom is 0.271 e. The monoisotopic (exact) mass is 347 g/mol. The summed E-state index contributed by atoms with van der Waals surface area (Å²) < 4.78 is 1.69. The standard InChI is InChI=1S/C17H13N7O2/c25-24(26)14-8-4-7-13(9-14)20-16-15-17(19-11-18-16)23(22-21-15)10-12-5-2-1-3-6-12/h1-9,11H,10H2,(H,18,19,20). The molecule has 0 bridgehead atoms. The van der Waals surface area contributed by atoms with Crippen LogP contribution in [0.5, 0.6) is 0 Å². The van der Waals surface area contributed by atoms with Gasteiger partial charge in [-0.3, -0.25) is 10.1 Å². The summed E-state index contributed by atoms with van der Waals surface area (Å²) in [6.45, 7) is 0.532. The molecule has 128 valence electrons. The van der Waals surface area contributed by atoms with Gasteiger partial charge in [-0.25, -0.2) is 14.6 Å². The molecule has 2 aromatic heterocycles. The van der Waals surface area contributed by atoms with Crippen LogP contribution in [0.4, 0.5) is 17.2 Å². The second-order valence-electron chi connectivity index (χ2n) is 5.56. The molecule has 0 fully saturated rings. The maximum absolute atomic E-state index is 10.9. The largest absolute Gasteiger partial charge is 0.338 e. The molecule has 0 aliphatic heterocycles. The van der Waals surface area contributed by atoms with E-state index in [4.69, 9.17) is 0 Å². The summed E-state index contributed by atoms with van der Waals surface area (Å²) in [5, 5.41) is 22.3. The predicted octanol–water partition coefficient (Wildman–Crippen LogP) is 2.92. The third-order valence-corrected chi connectivity index (χ3v) is 3.80. The first-order valence-corrected chi connectivity index (χ1v) is 7.80. The third kappa shape index (κ3) is 3.05. The summed E-state index contributed by atoms with van der Waals surface area (Å²) in [6, 6.07) is 16.0. The van der Waals surface area contributed by atoms with Gasteiger partial charge >= 0.3 is 0 Å². The molecule has 0 saturated carbocycles. The van der Waals surface area contributed by atoms with Gasteiger partial charge in [-0.2, -0.15) is 0 Å². The van der Waals surface area contributed by atoms with Crippen molar-refractivity contribution in [3.8, 4) is 0 Å². The zero-order valence-corrected chi connectivity index (χ0v) is 13.5. The highest BCUT2D eigenvalue weighted by Crippen LogP contribution is 2.24. The van der Waals surface area contributed by atoms with Crippen molar-refractivity contribution >= 4 is 28.4 Å². The number of hydrogen-bond donors (Lipinski definition) is 1. The summed E-state index contributed by atoms with van der Waals surface area (Å²) >= 11 is 0. The number of fused-ring (bicyclic) bond motifs is 1. The van der Waals surface area contributed by atoms with Crippen LogP contribution < -0.4 is 5.32 Å². The Hall–Kier alpha value is -3.88. The Morgan fingerprint density at radius 2 is 1.92 bits per heavy atom. The van der Waals surface area contributed by atoms with Crippen LogP contribution in [0.15, 0.2) is 60.9 Å². The van der Waals surface area contributed by atoms with Crippen LogP contribution in [0, 0.1) is 10.1 Å². The molecule has 2 aromatic carbocycles. The van der Waals surface area contributed by atoms with Gasteiger partial charge in [0.1, 0.15) is 6.33 Å². The minimum Gasteiger partial charge on any atom is -0.338 e. The van der Waals surface area contributed by atoms with Crippen LogP contribution >= 0.6 is 0 Å². The van der Waals surface area contributed by atoms with Gasteiger partial charge in [-0.1, -0.05) is 41.6 Å². The zero-order valence-electron chi connectivity index (χ0n) is 13.5. The molecule has 0 aliphatic rings. The lowest BCUT2D eigenvalue weighted by Crippen LogP contribution is -2.03. The number of nitro groups is 1. The van der Waals surface area contributed by atoms with Crippen LogP contribution in [0.3, 0.4) is 0 Å². The number of aromatic nitrogens is 5. The number of nitrogens with zero attached hydrogens (tertiary/aromatic N) is 6. The molecular weight excluding hydrogens is 334 g/mol. The van der Waals surface area contributed by atoms with Crippen LogP contribution in [0.1, 0.15) is 5.56 Å². The van der Waals surface area contributed by atoms with Crippen molar-refractivity contribution in [2.75, 3.05) is 5.32 Å². The Balaban J connectivity index is 1.67. The van der Waals surface area contributed by atoms with Gasteiger partial charge in [0.05, 0.1) is 11.5 Å². The van der Waals surface area contributed by atoms with Crippen molar-refractivity contribution in [1.82, 2.24) is 25.0 Å². The van der Waals surface area contributed by atoms with Crippen LogP contribution in [0.25, 0.3) is 11.2 Å². The second kappa shape index (κ2) is 6.55. The summed E-state index contributed by atoms with van der Waals surface area (Å²) in [7, 11) is 0. The van der Waals surface area contributed by atoms with Gasteiger partial charge in [-0.15, -0.1) is 5.10 Å². The smallest absolute Gasteiger partial charge is 0.271 e. The third-order valence-electron chi connectivity index (χ3n) is 3.80. The summed E-state index contributed by atoms with van der Waals surface area (Å²) in [5.41, 5.74) is 2.68. The van der Waals surface area contributed by atoms with E-state index in [-0.39, 0.29) is 5.69 Å². The highest BCUT2D eigenvalue weighted by Gasteiger charge is 2.13. The van der Waals surface area contributed by atoms with Crippen molar-refractivity contribution in [1.29, 1.82) is 0 Å². The predicted molar refractivity (Wildman–Crippen MR) is 95.0 cm³/mol. The number of nitrogens with one attached hydrogen (secondary N) is 1. The van der Waals surface area contributed by atoms with Gasteiger partial charge in [-0.05, 0) is 11.6 Å². The van der Waals surface area contributed by atoms with E-state index in [1.54, 1.807) is 16.8 Å². The van der Waals surface area contributed by atoms with Gasteiger partial charge in [0.2, 0.25) is 0 Å². The second-order valence-corrected chi connectivity index (χ2v) is 5.56. The van der Waals surface area contributed by atoms with Crippen LogP contribution in [-0.2, 0) is 6.54 Å². The molecule has 2 heterocycles. The van der Waals surface area contributed by atoms with E-state index in [1.807, 2.05) is 30.3 Å². The molecule has 0 saturated heterocycles. The highest BCUT2D eigenvalue weighted by molar-refractivity contribution is 5.84. The molecule has 4 aromatic rings. The molecular formula is C17H13N7O2. The zero-order chi connectivity index (χ0) is 17.9. The first-order valence-electron chi connectivity index (χ1n) is 7.80. The highest BCUT2D eigenvalue weighted by atomic mass is 16.6. The molecule has 9 heteroatoms. The molecule has 4 rings (SSSR count). The molecule has 0 aliphatic carbocycles. The SMILES string of the molecule is O=[N+]([O-])c1cccc(Nc2ncnc3c2nnn3Cc2ccccc2)c1. The van der Waals surface area contributed by atoms with E-state index < -0.39 is 4.92 Å². The van der Waals surface area contributed by atoms with Gasteiger partial charge < -0.3 is 5.32 Å². The Labute approximate surface area is 147 Å². The fourth-order valence-electron chi connectivity index (χ4n) is 2.58. The van der Waals surface area contributed by atoms with Crippen molar-refractivity contribution < 1.29 is 4.92 Å². The lowest BCUT2D eigenvalue weighted by Gasteiger charge is -2.06. The lowest BCUT2D eigenvalue weighted by molar-refractivity contribution is -0.384. The summed E-state index contributed by atoms with van der Waals surface area (Å²) in [5.74, 6) is 0.440. The Bertz CT molecular complexity index is 1080. The molecule has 0 amide bonds. The molecule has 0 atom stereocenters. The van der Waals surface area contributed by atoms with Gasteiger partial charge in [0, 0.05) is 17.8 Å². The topological polar surface area (TPSA) is 112 Å². The van der Waals surface area contributed by atoms with E-state index in [0.29, 0.717) is 29.2 Å². The summed E-state index contributed by atoms with van der Waals surface area (Å²) in [6.07, 6.45) is 1.41. The Morgan fingerprint density at radius 1 is 1.08 bits per heavy atom. The van der Waals surface area contributed by atoms with Crippen molar-refractivity contribution in [2.24, 2.45) is 0 Å². The van der Waals surface area contributed by atoms with Crippen molar-refractivity contribution in [3.05, 3.63) is 76.6 Å². The molecule has 0 unspecified atom stereocenters. The number of nitro benzene ring substituents is 1. The number of hydrogen-bond acceptors (Lipinski definition) is 7. The fourth-order valence-corrected chi connectivity index (χ4v) is 2.58. The quantitative estimate of drug-likeness (QED) is 0.436. The van der Waals surface area contributed by atoms with E-state index in [1.165, 1.54) is 18.5 Å². The van der Waals surface area contributed by atoms with E-state index >= 15 is 0 Å². The van der Waals surface area contributed by atoms with E-state index in [0.717, 1.165) is 5.56 Å². The normalized spacial score (nSPS) is 10.8. The minimum atomic E-state index is -0.448. The number of anilines is 2. The summed E-state index contributed by atoms with van der Waals surface area (Å²) in [4.78, 5) is 18.9. The average Bonchev–Trinajstić information content (AvgIpc) is 3.07. The van der Waals surface area contributed by atoms with E-state index in [9.17, 15) is 10.1 Å². The van der Waals surface area contributed by atoms with Gasteiger partial charge in [0.25, 0.3) is 5.69 Å². The number of rotatable bonds is 5. The average molecular weight is 347 g/mol. The van der Waals surface area contributed by atoms with Crippen molar-refractivity contribution in [2.45, 2.75) is 6.54 Å². The van der Waals surface area contributed by atoms with E-state index in [2.05, 4.69) is 25.6 Å². The van der Waals surface area contributed by atoms with Gasteiger partial charge in [0.15, 0.2) is 17.0 Å². The first-order chi connectivity index (χ1) is 12.7. The molecule has 9 nitrogen and oxygen atoms in total. The van der Waals surface area contributed by atoms with Crippen molar-refractivity contribution in [3.63, 3.8) is 0 Å². The fraction of sp³-hybridized carbons (Fsp3) is 0.0588. The lowest BCUT2D eigenvalue weighted by atomic mass is 10.2. The van der Waals surface area contributed by atoms with Crippen LogP contribution in [0.2, 0.25) is 0 Å². The molecule has 0 spiro atoms. The Morgan fingerprint density at radius 3 is 2.73 bits per heavy atom. The minimum absolute atomic E-state index is 0.00645. The molecule has 0 radical (unpaired) electrons. The maximum atomic E-state index is 10.9. The first kappa shape index (κ1) is 15.6. The molecule has 1 N–H and O–H groups in total.